The van der Waals surface area contributed by atoms with Gasteiger partial charge in [-0.3, -0.25) is 4.90 Å². The molecule has 0 N–H and O–H groups in total. The van der Waals surface area contributed by atoms with Gasteiger partial charge in [-0.25, -0.2) is 4.98 Å². The Kier molecular flexibility index (Phi) is 3.27. The van der Waals surface area contributed by atoms with E-state index in [2.05, 4.69) is 23.0 Å². The van der Waals surface area contributed by atoms with Crippen LogP contribution in [0.15, 0.2) is 12.1 Å². The lowest BCUT2D eigenvalue weighted by molar-refractivity contribution is 0.186. The summed E-state index contributed by atoms with van der Waals surface area (Å²) in [5.74, 6) is 0. The highest BCUT2D eigenvalue weighted by atomic mass is 35.5. The minimum Gasteiger partial charge on any atom is -0.299 e. The maximum atomic E-state index is 5.87. The molecule has 1 aromatic rings. The third kappa shape index (κ3) is 2.32. The minimum atomic E-state index is 0.531. The van der Waals surface area contributed by atoms with Crippen LogP contribution >= 0.6 is 11.6 Å². The predicted octanol–water partition coefficient (Wildman–Crippen LogP) is 3.20. The van der Waals surface area contributed by atoms with Gasteiger partial charge in [0.15, 0.2) is 0 Å². The van der Waals surface area contributed by atoms with Crippen LogP contribution in [-0.4, -0.2) is 23.5 Å². The van der Waals surface area contributed by atoms with Crippen molar-refractivity contribution in [2.45, 2.75) is 32.2 Å². The molecule has 1 aliphatic rings. The highest BCUT2D eigenvalue weighted by molar-refractivity contribution is 6.29. The van der Waals surface area contributed by atoms with E-state index in [4.69, 9.17) is 11.6 Å². The molecular weight excluding hydrogens is 208 g/mol. The smallest absolute Gasteiger partial charge is 0.129 e. The van der Waals surface area contributed by atoms with Gasteiger partial charge in [-0.2, -0.15) is 0 Å². The second-order valence-corrected chi connectivity index (χ2v) is 4.69. The Morgan fingerprint density at radius 1 is 1.40 bits per heavy atom. The standard InChI is InChI=1S/C12H17ClN2/c1-9-10(6-7-12(13)14-9)11-5-3-4-8-15(11)2/h6-7,11H,3-5,8H2,1-2H3/t11-/m0/s1. The van der Waals surface area contributed by atoms with E-state index in [9.17, 15) is 0 Å². The van der Waals surface area contributed by atoms with E-state index < -0.39 is 0 Å². The predicted molar refractivity (Wildman–Crippen MR) is 63.2 cm³/mol. The number of hydrogen-bond donors (Lipinski definition) is 0. The summed E-state index contributed by atoms with van der Waals surface area (Å²) in [6.45, 7) is 3.23. The number of hydrogen-bond acceptors (Lipinski definition) is 2. The van der Waals surface area contributed by atoms with Crippen LogP contribution in [0, 0.1) is 6.92 Å². The Hall–Kier alpha value is -0.600. The normalized spacial score (nSPS) is 23.0. The van der Waals surface area contributed by atoms with Gasteiger partial charge in [0.1, 0.15) is 5.15 Å². The fraction of sp³-hybridized carbons (Fsp3) is 0.583. The monoisotopic (exact) mass is 224 g/mol. The molecule has 1 aliphatic heterocycles. The number of nitrogens with zero attached hydrogens (tertiary/aromatic N) is 2. The fourth-order valence-corrected chi connectivity index (χ4v) is 2.55. The minimum absolute atomic E-state index is 0.531. The molecule has 2 rings (SSSR count). The highest BCUT2D eigenvalue weighted by Crippen LogP contribution is 2.31. The molecule has 0 saturated carbocycles. The average Bonchev–Trinajstić information content (AvgIpc) is 2.20. The zero-order valence-corrected chi connectivity index (χ0v) is 10.1. The molecule has 15 heavy (non-hydrogen) atoms. The van der Waals surface area contributed by atoms with Gasteiger partial charge in [-0.15, -0.1) is 0 Å². The molecule has 0 radical (unpaired) electrons. The number of piperidine rings is 1. The molecule has 82 valence electrons. The van der Waals surface area contributed by atoms with Crippen LogP contribution in [0.2, 0.25) is 5.15 Å². The summed E-state index contributed by atoms with van der Waals surface area (Å²) in [7, 11) is 2.19. The lowest BCUT2D eigenvalue weighted by Gasteiger charge is -2.33. The van der Waals surface area contributed by atoms with Gasteiger partial charge < -0.3 is 0 Å². The van der Waals surface area contributed by atoms with Crippen molar-refractivity contribution in [1.82, 2.24) is 9.88 Å². The number of halogens is 1. The SMILES string of the molecule is Cc1nc(Cl)ccc1[C@@H]1CCCCN1C. The Bertz CT molecular complexity index is 351. The lowest BCUT2D eigenvalue weighted by atomic mass is 9.95. The van der Waals surface area contributed by atoms with Crippen LogP contribution in [0.4, 0.5) is 0 Å². The molecule has 0 bridgehead atoms. The highest BCUT2D eigenvalue weighted by Gasteiger charge is 2.22. The molecule has 0 spiro atoms. The third-order valence-corrected chi connectivity index (χ3v) is 3.43. The Morgan fingerprint density at radius 3 is 2.87 bits per heavy atom. The van der Waals surface area contributed by atoms with Gasteiger partial charge in [-0.1, -0.05) is 24.1 Å². The molecule has 3 heteroatoms. The number of rotatable bonds is 1. The molecule has 0 aromatic carbocycles. The third-order valence-electron chi connectivity index (χ3n) is 3.22. The van der Waals surface area contributed by atoms with E-state index >= 15 is 0 Å². The molecule has 1 fully saturated rings. The van der Waals surface area contributed by atoms with E-state index in [0.717, 1.165) is 5.69 Å². The first-order valence-electron chi connectivity index (χ1n) is 5.52. The Morgan fingerprint density at radius 2 is 2.20 bits per heavy atom. The first kappa shape index (κ1) is 10.9. The van der Waals surface area contributed by atoms with Crippen LogP contribution in [-0.2, 0) is 0 Å². The van der Waals surface area contributed by atoms with Gasteiger partial charge in [0, 0.05) is 11.7 Å². The summed E-state index contributed by atoms with van der Waals surface area (Å²) in [4.78, 5) is 6.74. The number of pyridine rings is 1. The maximum Gasteiger partial charge on any atom is 0.129 e. The topological polar surface area (TPSA) is 16.1 Å². The number of aromatic nitrogens is 1. The second kappa shape index (κ2) is 4.50. The summed E-state index contributed by atoms with van der Waals surface area (Å²) in [6.07, 6.45) is 3.87. The van der Waals surface area contributed by atoms with Crippen LogP contribution < -0.4 is 0 Å². The zero-order valence-electron chi connectivity index (χ0n) is 9.33. The first-order chi connectivity index (χ1) is 7.18. The largest absolute Gasteiger partial charge is 0.299 e. The van der Waals surface area contributed by atoms with E-state index in [0.29, 0.717) is 11.2 Å². The summed E-state index contributed by atoms with van der Waals surface area (Å²) in [6, 6.07) is 4.55. The van der Waals surface area contributed by atoms with Gasteiger partial charge in [0.05, 0.1) is 0 Å². The van der Waals surface area contributed by atoms with Crippen molar-refractivity contribution < 1.29 is 0 Å². The van der Waals surface area contributed by atoms with Gasteiger partial charge in [0.25, 0.3) is 0 Å². The molecule has 2 heterocycles. The van der Waals surface area contributed by atoms with E-state index in [1.54, 1.807) is 0 Å². The van der Waals surface area contributed by atoms with Crippen LogP contribution in [0.3, 0.4) is 0 Å². The molecule has 2 nitrogen and oxygen atoms in total. The zero-order chi connectivity index (χ0) is 10.8. The van der Waals surface area contributed by atoms with Crippen molar-refractivity contribution in [2.24, 2.45) is 0 Å². The molecule has 0 unspecified atom stereocenters. The summed E-state index contributed by atoms with van der Waals surface area (Å²) < 4.78 is 0. The number of aryl methyl sites for hydroxylation is 1. The van der Waals surface area contributed by atoms with Crippen molar-refractivity contribution >= 4 is 11.6 Å². The van der Waals surface area contributed by atoms with Crippen molar-refractivity contribution in [2.75, 3.05) is 13.6 Å². The van der Waals surface area contributed by atoms with Crippen molar-refractivity contribution in [1.29, 1.82) is 0 Å². The van der Waals surface area contributed by atoms with Crippen molar-refractivity contribution in [3.8, 4) is 0 Å². The number of likely N-dealkylation sites (tertiary alicyclic amines) is 1. The van der Waals surface area contributed by atoms with E-state index in [1.165, 1.54) is 31.4 Å². The second-order valence-electron chi connectivity index (χ2n) is 4.30. The molecular formula is C12H17ClN2. The van der Waals surface area contributed by atoms with E-state index in [1.807, 2.05) is 13.0 Å². The van der Waals surface area contributed by atoms with Crippen LogP contribution in [0.5, 0.6) is 0 Å². The van der Waals surface area contributed by atoms with Gasteiger partial charge in [0.2, 0.25) is 0 Å². The van der Waals surface area contributed by atoms with Crippen molar-refractivity contribution in [3.05, 3.63) is 28.5 Å². The van der Waals surface area contributed by atoms with Crippen molar-refractivity contribution in [3.63, 3.8) is 0 Å². The molecule has 1 saturated heterocycles. The maximum absolute atomic E-state index is 5.87. The summed E-state index contributed by atoms with van der Waals surface area (Å²) >= 11 is 5.87. The van der Waals surface area contributed by atoms with Gasteiger partial charge in [-0.05, 0) is 45.0 Å². The molecule has 1 aromatic heterocycles. The molecule has 0 amide bonds. The summed E-state index contributed by atoms with van der Waals surface area (Å²) in [5.41, 5.74) is 2.41. The lowest BCUT2D eigenvalue weighted by Crippen LogP contribution is -2.30. The Balaban J connectivity index is 2.27. The first-order valence-corrected chi connectivity index (χ1v) is 5.89. The van der Waals surface area contributed by atoms with Gasteiger partial charge >= 0.3 is 0 Å². The quantitative estimate of drug-likeness (QED) is 0.681. The van der Waals surface area contributed by atoms with E-state index in [-0.39, 0.29) is 0 Å². The fourth-order valence-electron chi connectivity index (χ4n) is 2.36. The molecule has 1 atom stereocenters. The van der Waals surface area contributed by atoms with Crippen LogP contribution in [0.1, 0.15) is 36.6 Å². The molecule has 0 aliphatic carbocycles. The average molecular weight is 225 g/mol. The summed E-state index contributed by atoms with van der Waals surface area (Å²) in [5, 5.41) is 0.592. The Labute approximate surface area is 96.3 Å². The van der Waals surface area contributed by atoms with Crippen LogP contribution in [0.25, 0.3) is 0 Å².